The standard InChI is InChI=1S/C17H22N2O/c1-4-11-18-16-10-6-9-15(19-16)12-20-17-13(2)7-5-8-14(17)3/h5-10H,4,11-12H2,1-3H3,(H,18,19). The average molecular weight is 270 g/mol. The predicted octanol–water partition coefficient (Wildman–Crippen LogP) is 4.10. The first-order chi connectivity index (χ1) is 9.70. The van der Waals surface area contributed by atoms with E-state index < -0.39 is 0 Å². The fraction of sp³-hybridized carbons (Fsp3) is 0.353. The van der Waals surface area contributed by atoms with Crippen LogP contribution >= 0.6 is 0 Å². The van der Waals surface area contributed by atoms with Crippen LogP contribution in [-0.4, -0.2) is 11.5 Å². The number of nitrogens with one attached hydrogen (secondary N) is 1. The number of aryl methyl sites for hydroxylation is 2. The first-order valence-corrected chi connectivity index (χ1v) is 7.09. The van der Waals surface area contributed by atoms with Crippen LogP contribution in [0, 0.1) is 13.8 Å². The van der Waals surface area contributed by atoms with Crippen molar-refractivity contribution in [2.24, 2.45) is 0 Å². The molecule has 0 aliphatic carbocycles. The van der Waals surface area contributed by atoms with Crippen molar-refractivity contribution in [1.29, 1.82) is 0 Å². The monoisotopic (exact) mass is 270 g/mol. The molecule has 1 aromatic carbocycles. The van der Waals surface area contributed by atoms with Crippen LogP contribution in [0.5, 0.6) is 5.75 Å². The molecule has 0 saturated heterocycles. The minimum absolute atomic E-state index is 0.493. The van der Waals surface area contributed by atoms with Gasteiger partial charge in [-0.25, -0.2) is 4.98 Å². The van der Waals surface area contributed by atoms with Crippen molar-refractivity contribution in [3.8, 4) is 5.75 Å². The molecule has 0 fully saturated rings. The average Bonchev–Trinajstić information content (AvgIpc) is 2.45. The lowest BCUT2D eigenvalue weighted by molar-refractivity contribution is 0.297. The van der Waals surface area contributed by atoms with Crippen molar-refractivity contribution in [3.05, 3.63) is 53.2 Å². The number of hydrogen-bond acceptors (Lipinski definition) is 3. The first kappa shape index (κ1) is 14.4. The van der Waals surface area contributed by atoms with Gasteiger partial charge >= 0.3 is 0 Å². The van der Waals surface area contributed by atoms with E-state index in [1.165, 1.54) is 0 Å². The van der Waals surface area contributed by atoms with Crippen LogP contribution in [0.1, 0.15) is 30.2 Å². The van der Waals surface area contributed by atoms with Gasteiger partial charge in [-0.1, -0.05) is 31.2 Å². The summed E-state index contributed by atoms with van der Waals surface area (Å²) in [5.74, 6) is 1.87. The van der Waals surface area contributed by atoms with E-state index in [2.05, 4.69) is 43.2 Å². The third-order valence-corrected chi connectivity index (χ3v) is 3.14. The predicted molar refractivity (Wildman–Crippen MR) is 83.3 cm³/mol. The topological polar surface area (TPSA) is 34.1 Å². The Bertz CT molecular complexity index is 546. The maximum absolute atomic E-state index is 5.92. The Hall–Kier alpha value is -2.03. The molecule has 0 atom stereocenters. The Morgan fingerprint density at radius 1 is 1.05 bits per heavy atom. The van der Waals surface area contributed by atoms with Crippen LogP contribution in [0.3, 0.4) is 0 Å². The highest BCUT2D eigenvalue weighted by molar-refractivity contribution is 5.40. The summed E-state index contributed by atoms with van der Waals surface area (Å²) in [4.78, 5) is 4.55. The summed E-state index contributed by atoms with van der Waals surface area (Å²) in [5, 5.41) is 3.29. The largest absolute Gasteiger partial charge is 0.487 e. The van der Waals surface area contributed by atoms with Gasteiger partial charge in [-0.15, -0.1) is 0 Å². The molecular weight excluding hydrogens is 248 g/mol. The van der Waals surface area contributed by atoms with Gasteiger partial charge in [0, 0.05) is 6.54 Å². The van der Waals surface area contributed by atoms with Gasteiger partial charge in [0.1, 0.15) is 18.2 Å². The van der Waals surface area contributed by atoms with Crippen molar-refractivity contribution in [3.63, 3.8) is 0 Å². The molecular formula is C17H22N2O. The second-order valence-electron chi connectivity index (χ2n) is 4.95. The first-order valence-electron chi connectivity index (χ1n) is 7.09. The van der Waals surface area contributed by atoms with Crippen LogP contribution in [0.15, 0.2) is 36.4 Å². The van der Waals surface area contributed by atoms with Gasteiger partial charge in [-0.2, -0.15) is 0 Å². The summed E-state index contributed by atoms with van der Waals surface area (Å²) >= 11 is 0. The zero-order chi connectivity index (χ0) is 14.4. The van der Waals surface area contributed by atoms with Crippen molar-refractivity contribution in [2.45, 2.75) is 33.8 Å². The van der Waals surface area contributed by atoms with Crippen LogP contribution in [0.4, 0.5) is 5.82 Å². The molecule has 0 radical (unpaired) electrons. The molecule has 2 rings (SSSR count). The van der Waals surface area contributed by atoms with Crippen molar-refractivity contribution in [2.75, 3.05) is 11.9 Å². The molecule has 20 heavy (non-hydrogen) atoms. The van der Waals surface area contributed by atoms with Gasteiger partial charge in [0.25, 0.3) is 0 Å². The fourth-order valence-electron chi connectivity index (χ4n) is 2.08. The number of rotatable bonds is 6. The number of anilines is 1. The maximum Gasteiger partial charge on any atom is 0.130 e. The Labute approximate surface area is 121 Å². The molecule has 0 unspecified atom stereocenters. The second-order valence-corrected chi connectivity index (χ2v) is 4.95. The Morgan fingerprint density at radius 2 is 1.75 bits per heavy atom. The molecule has 1 aromatic heterocycles. The van der Waals surface area contributed by atoms with Crippen molar-refractivity contribution >= 4 is 5.82 Å². The molecule has 0 saturated carbocycles. The molecule has 1 heterocycles. The molecule has 0 spiro atoms. The Balaban J connectivity index is 2.03. The smallest absolute Gasteiger partial charge is 0.130 e. The number of ether oxygens (including phenoxy) is 1. The zero-order valence-electron chi connectivity index (χ0n) is 12.4. The van der Waals surface area contributed by atoms with Crippen LogP contribution in [-0.2, 0) is 6.61 Å². The highest BCUT2D eigenvalue weighted by atomic mass is 16.5. The summed E-state index contributed by atoms with van der Waals surface area (Å²) in [7, 11) is 0. The fourth-order valence-corrected chi connectivity index (χ4v) is 2.08. The van der Waals surface area contributed by atoms with Crippen molar-refractivity contribution in [1.82, 2.24) is 4.98 Å². The number of para-hydroxylation sites is 1. The molecule has 3 nitrogen and oxygen atoms in total. The third kappa shape index (κ3) is 3.73. The lowest BCUT2D eigenvalue weighted by Crippen LogP contribution is -2.05. The minimum atomic E-state index is 0.493. The molecule has 0 aliphatic rings. The van der Waals surface area contributed by atoms with Gasteiger partial charge in [0.2, 0.25) is 0 Å². The summed E-state index contributed by atoms with van der Waals surface area (Å²) in [6.07, 6.45) is 1.09. The summed E-state index contributed by atoms with van der Waals surface area (Å²) in [6, 6.07) is 12.2. The lowest BCUT2D eigenvalue weighted by atomic mass is 10.1. The van der Waals surface area contributed by atoms with E-state index >= 15 is 0 Å². The van der Waals surface area contributed by atoms with Gasteiger partial charge in [0.05, 0.1) is 5.69 Å². The number of aromatic nitrogens is 1. The van der Waals surface area contributed by atoms with Gasteiger partial charge in [-0.05, 0) is 43.5 Å². The van der Waals surface area contributed by atoms with E-state index in [-0.39, 0.29) is 0 Å². The van der Waals surface area contributed by atoms with E-state index in [0.717, 1.165) is 41.4 Å². The second kappa shape index (κ2) is 6.94. The quantitative estimate of drug-likeness (QED) is 0.858. The molecule has 106 valence electrons. The number of benzene rings is 1. The van der Waals surface area contributed by atoms with Crippen molar-refractivity contribution < 1.29 is 4.74 Å². The van der Waals surface area contributed by atoms with E-state index in [4.69, 9.17) is 4.74 Å². The highest BCUT2D eigenvalue weighted by Crippen LogP contribution is 2.23. The summed E-state index contributed by atoms with van der Waals surface area (Å²) in [6.45, 7) is 7.70. The molecule has 0 amide bonds. The van der Waals surface area contributed by atoms with Gasteiger partial charge in [0.15, 0.2) is 0 Å². The van der Waals surface area contributed by atoms with E-state index in [1.54, 1.807) is 0 Å². The Morgan fingerprint density at radius 3 is 2.45 bits per heavy atom. The Kier molecular flexibility index (Phi) is 4.99. The third-order valence-electron chi connectivity index (χ3n) is 3.14. The SMILES string of the molecule is CCCNc1cccc(COc2c(C)cccc2C)n1. The zero-order valence-corrected chi connectivity index (χ0v) is 12.4. The van der Waals surface area contributed by atoms with E-state index in [0.29, 0.717) is 6.61 Å². The van der Waals surface area contributed by atoms with E-state index in [9.17, 15) is 0 Å². The number of nitrogens with zero attached hydrogens (tertiary/aromatic N) is 1. The van der Waals surface area contributed by atoms with Gasteiger partial charge in [-0.3, -0.25) is 0 Å². The normalized spacial score (nSPS) is 10.3. The minimum Gasteiger partial charge on any atom is -0.487 e. The molecule has 0 bridgehead atoms. The van der Waals surface area contributed by atoms with E-state index in [1.807, 2.05) is 24.3 Å². The summed E-state index contributed by atoms with van der Waals surface area (Å²) < 4.78 is 5.92. The number of pyridine rings is 1. The lowest BCUT2D eigenvalue weighted by Gasteiger charge is -2.12. The van der Waals surface area contributed by atoms with Gasteiger partial charge < -0.3 is 10.1 Å². The summed E-state index contributed by atoms with van der Waals surface area (Å²) in [5.41, 5.74) is 3.25. The van der Waals surface area contributed by atoms with Crippen LogP contribution in [0.25, 0.3) is 0 Å². The highest BCUT2D eigenvalue weighted by Gasteiger charge is 2.04. The molecule has 3 heteroatoms. The molecule has 1 N–H and O–H groups in total. The maximum atomic E-state index is 5.92. The van der Waals surface area contributed by atoms with Crippen LogP contribution < -0.4 is 10.1 Å². The molecule has 0 aliphatic heterocycles. The van der Waals surface area contributed by atoms with Crippen LogP contribution in [0.2, 0.25) is 0 Å². The molecule has 2 aromatic rings. The number of hydrogen-bond donors (Lipinski definition) is 1.